The summed E-state index contributed by atoms with van der Waals surface area (Å²) in [6, 6.07) is 4.95. The fourth-order valence-electron chi connectivity index (χ4n) is 2.04. The molecule has 1 atom stereocenters. The molecule has 0 amide bonds. The lowest BCUT2D eigenvalue weighted by Crippen LogP contribution is -2.17. The maximum atomic E-state index is 12.0. The highest BCUT2D eigenvalue weighted by molar-refractivity contribution is 7.92. The summed E-state index contributed by atoms with van der Waals surface area (Å²) in [6.45, 7) is 0. The number of hydrogen-bond acceptors (Lipinski definition) is 4. The first-order chi connectivity index (χ1) is 7.61. The van der Waals surface area contributed by atoms with Crippen LogP contribution in [-0.4, -0.2) is 27.1 Å². The van der Waals surface area contributed by atoms with E-state index in [2.05, 4.69) is 0 Å². The molecule has 1 heterocycles. The molecule has 0 aliphatic carbocycles. The number of aldehydes is 1. The minimum Gasteiger partial charge on any atom is -0.496 e. The highest BCUT2D eigenvalue weighted by atomic mass is 32.2. The van der Waals surface area contributed by atoms with Crippen molar-refractivity contribution in [2.24, 2.45) is 0 Å². The fourth-order valence-corrected chi connectivity index (χ4v) is 3.91. The van der Waals surface area contributed by atoms with Gasteiger partial charge in [-0.05, 0) is 18.6 Å². The lowest BCUT2D eigenvalue weighted by molar-refractivity contribution is -0.107. The number of carbonyl (C=O) groups is 1. The molecule has 0 radical (unpaired) electrons. The minimum absolute atomic E-state index is 0.0418. The topological polar surface area (TPSA) is 60.4 Å². The first-order valence-electron chi connectivity index (χ1n) is 4.94. The first kappa shape index (κ1) is 11.1. The van der Waals surface area contributed by atoms with Crippen LogP contribution in [0.5, 0.6) is 5.75 Å². The largest absolute Gasteiger partial charge is 0.496 e. The van der Waals surface area contributed by atoms with Crippen LogP contribution in [-0.2, 0) is 21.1 Å². The van der Waals surface area contributed by atoms with Crippen LogP contribution in [0.4, 0.5) is 0 Å². The number of benzene rings is 1. The molecule has 4 nitrogen and oxygen atoms in total. The zero-order valence-electron chi connectivity index (χ0n) is 8.84. The number of sulfone groups is 1. The highest BCUT2D eigenvalue weighted by Crippen LogP contribution is 2.37. The van der Waals surface area contributed by atoms with Crippen molar-refractivity contribution in [2.45, 2.75) is 23.0 Å². The second kappa shape index (κ2) is 3.90. The van der Waals surface area contributed by atoms with Gasteiger partial charge in [0.05, 0.1) is 17.3 Å². The van der Waals surface area contributed by atoms with E-state index in [9.17, 15) is 13.2 Å². The lowest BCUT2D eigenvalue weighted by atomic mass is 10.1. The van der Waals surface area contributed by atoms with Crippen LogP contribution < -0.4 is 4.74 Å². The van der Waals surface area contributed by atoms with E-state index in [1.807, 2.05) is 0 Å². The molecule has 1 aromatic rings. The summed E-state index contributed by atoms with van der Waals surface area (Å²) in [4.78, 5) is 10.8. The molecule has 1 aliphatic heterocycles. The minimum atomic E-state index is -3.35. The summed E-state index contributed by atoms with van der Waals surface area (Å²) in [5.74, 6) is 0.578. The molecule has 0 N–H and O–H groups in total. The SMILES string of the molecule is COc1cccc2c1CC(CC=O)S2(=O)=O. The smallest absolute Gasteiger partial charge is 0.182 e. The van der Waals surface area contributed by atoms with Gasteiger partial charge >= 0.3 is 0 Å². The summed E-state index contributed by atoms with van der Waals surface area (Å²) in [6.07, 6.45) is 1.06. The molecule has 0 aromatic heterocycles. The van der Waals surface area contributed by atoms with E-state index in [1.54, 1.807) is 18.2 Å². The van der Waals surface area contributed by atoms with Gasteiger partial charge in [0.25, 0.3) is 0 Å². The van der Waals surface area contributed by atoms with Crippen molar-refractivity contribution >= 4 is 16.1 Å². The molecule has 0 bridgehead atoms. The normalized spacial score (nSPS) is 21.4. The number of carbonyl (C=O) groups excluding carboxylic acids is 1. The van der Waals surface area contributed by atoms with Gasteiger partial charge in [0.15, 0.2) is 9.84 Å². The Bertz CT molecular complexity index is 519. The van der Waals surface area contributed by atoms with Gasteiger partial charge in [-0.15, -0.1) is 0 Å². The quantitative estimate of drug-likeness (QED) is 0.739. The van der Waals surface area contributed by atoms with Gasteiger partial charge < -0.3 is 9.53 Å². The Morgan fingerprint density at radius 1 is 1.50 bits per heavy atom. The Hall–Kier alpha value is -1.36. The Morgan fingerprint density at radius 2 is 2.25 bits per heavy atom. The number of methoxy groups -OCH3 is 1. The number of hydrogen-bond donors (Lipinski definition) is 0. The van der Waals surface area contributed by atoms with Crippen molar-refractivity contribution in [3.8, 4) is 5.75 Å². The molecule has 0 saturated carbocycles. The van der Waals surface area contributed by atoms with E-state index in [0.29, 0.717) is 28.9 Å². The van der Waals surface area contributed by atoms with Crippen molar-refractivity contribution in [1.82, 2.24) is 0 Å². The number of fused-ring (bicyclic) bond motifs is 1. The summed E-state index contributed by atoms with van der Waals surface area (Å²) < 4.78 is 29.2. The summed E-state index contributed by atoms with van der Waals surface area (Å²) in [7, 11) is -1.84. The van der Waals surface area contributed by atoms with E-state index >= 15 is 0 Å². The Kier molecular flexibility index (Phi) is 2.71. The lowest BCUT2D eigenvalue weighted by Gasteiger charge is -2.04. The summed E-state index contributed by atoms with van der Waals surface area (Å²) in [5, 5.41) is -0.628. The molecule has 1 aliphatic rings. The molecule has 86 valence electrons. The average Bonchev–Trinajstić information content (AvgIpc) is 2.52. The summed E-state index contributed by atoms with van der Waals surface area (Å²) in [5.41, 5.74) is 0.692. The van der Waals surface area contributed by atoms with E-state index in [-0.39, 0.29) is 6.42 Å². The molecule has 2 rings (SSSR count). The maximum Gasteiger partial charge on any atom is 0.182 e. The van der Waals surface area contributed by atoms with Crippen LogP contribution >= 0.6 is 0 Å². The first-order valence-corrected chi connectivity index (χ1v) is 6.49. The third-order valence-electron chi connectivity index (χ3n) is 2.85. The van der Waals surface area contributed by atoms with E-state index in [0.717, 1.165) is 0 Å². The maximum absolute atomic E-state index is 12.0. The van der Waals surface area contributed by atoms with Crippen LogP contribution in [0.1, 0.15) is 12.0 Å². The molecule has 1 aromatic carbocycles. The van der Waals surface area contributed by atoms with Crippen LogP contribution in [0.25, 0.3) is 0 Å². The van der Waals surface area contributed by atoms with Crippen molar-refractivity contribution in [3.05, 3.63) is 23.8 Å². The van der Waals surface area contributed by atoms with Gasteiger partial charge in [0, 0.05) is 12.0 Å². The predicted octanol–water partition coefficient (Wildman–Crippen LogP) is 0.983. The van der Waals surface area contributed by atoms with Gasteiger partial charge in [0.1, 0.15) is 12.0 Å². The zero-order chi connectivity index (χ0) is 11.8. The number of rotatable bonds is 3. The Balaban J connectivity index is 2.55. The number of ether oxygens (including phenoxy) is 1. The molecule has 5 heteroatoms. The monoisotopic (exact) mass is 240 g/mol. The van der Waals surface area contributed by atoms with Gasteiger partial charge in [0.2, 0.25) is 0 Å². The van der Waals surface area contributed by atoms with Crippen LogP contribution in [0.3, 0.4) is 0 Å². The second-order valence-electron chi connectivity index (χ2n) is 3.71. The van der Waals surface area contributed by atoms with Crippen molar-refractivity contribution in [2.75, 3.05) is 7.11 Å². The molecule has 0 fully saturated rings. The van der Waals surface area contributed by atoms with Crippen molar-refractivity contribution < 1.29 is 17.9 Å². The Labute approximate surface area is 94.2 Å². The van der Waals surface area contributed by atoms with Gasteiger partial charge in [-0.2, -0.15) is 0 Å². The Morgan fingerprint density at radius 3 is 2.88 bits per heavy atom. The van der Waals surface area contributed by atoms with Gasteiger partial charge in [-0.25, -0.2) is 8.42 Å². The molecular formula is C11H12O4S. The molecule has 1 unspecified atom stereocenters. The van der Waals surface area contributed by atoms with Crippen LogP contribution in [0, 0.1) is 0 Å². The van der Waals surface area contributed by atoms with Gasteiger partial charge in [-0.3, -0.25) is 0 Å². The second-order valence-corrected chi connectivity index (χ2v) is 5.91. The van der Waals surface area contributed by atoms with Crippen LogP contribution in [0.15, 0.2) is 23.1 Å². The van der Waals surface area contributed by atoms with Crippen molar-refractivity contribution in [3.63, 3.8) is 0 Å². The summed E-state index contributed by atoms with van der Waals surface area (Å²) >= 11 is 0. The van der Waals surface area contributed by atoms with Gasteiger partial charge in [-0.1, -0.05) is 6.07 Å². The van der Waals surface area contributed by atoms with Crippen LogP contribution in [0.2, 0.25) is 0 Å². The molecule has 0 saturated heterocycles. The molecular weight excluding hydrogens is 228 g/mol. The fraction of sp³-hybridized carbons (Fsp3) is 0.364. The highest BCUT2D eigenvalue weighted by Gasteiger charge is 2.38. The van der Waals surface area contributed by atoms with E-state index < -0.39 is 15.1 Å². The standard InChI is InChI=1S/C11H12O4S/c1-15-10-3-2-4-11-9(10)7-8(5-6-12)16(11,13)14/h2-4,6,8H,5,7H2,1H3. The molecule has 0 spiro atoms. The third-order valence-corrected chi connectivity index (χ3v) is 5.08. The third kappa shape index (κ3) is 1.51. The zero-order valence-corrected chi connectivity index (χ0v) is 9.66. The predicted molar refractivity (Wildman–Crippen MR) is 58.4 cm³/mol. The van der Waals surface area contributed by atoms with E-state index in [1.165, 1.54) is 7.11 Å². The van der Waals surface area contributed by atoms with Crippen molar-refractivity contribution in [1.29, 1.82) is 0 Å². The average molecular weight is 240 g/mol. The molecule has 16 heavy (non-hydrogen) atoms. The van der Waals surface area contributed by atoms with E-state index in [4.69, 9.17) is 4.74 Å².